The van der Waals surface area contributed by atoms with Crippen LogP contribution in [0, 0.1) is 20.8 Å². The summed E-state index contributed by atoms with van der Waals surface area (Å²) in [5, 5.41) is 3.44. The molecule has 3 aromatic rings. The minimum absolute atomic E-state index is 0.121. The van der Waals surface area contributed by atoms with Gasteiger partial charge in [-0.25, -0.2) is 9.97 Å². The lowest BCUT2D eigenvalue weighted by Crippen LogP contribution is -2.46. The first-order valence-corrected chi connectivity index (χ1v) is 12.3. The van der Waals surface area contributed by atoms with Gasteiger partial charge in [0.2, 0.25) is 18.6 Å². The molecule has 35 heavy (non-hydrogen) atoms. The Morgan fingerprint density at radius 1 is 1.03 bits per heavy atom. The predicted molar refractivity (Wildman–Crippen MR) is 135 cm³/mol. The van der Waals surface area contributed by atoms with Crippen molar-refractivity contribution in [2.24, 2.45) is 0 Å². The van der Waals surface area contributed by atoms with Crippen molar-refractivity contribution < 1.29 is 19.1 Å². The van der Waals surface area contributed by atoms with E-state index in [4.69, 9.17) is 9.47 Å². The molecular formula is C26H28N4O4S. The molecule has 182 valence electrons. The summed E-state index contributed by atoms with van der Waals surface area (Å²) in [6.07, 6.45) is 0. The number of carbonyl (C=O) groups is 2. The van der Waals surface area contributed by atoms with Gasteiger partial charge in [-0.05, 0) is 57.0 Å². The van der Waals surface area contributed by atoms with Crippen LogP contribution < -0.4 is 14.8 Å². The van der Waals surface area contributed by atoms with Crippen molar-refractivity contribution in [3.05, 3.63) is 71.0 Å². The summed E-state index contributed by atoms with van der Waals surface area (Å²) < 4.78 is 10.7. The highest BCUT2D eigenvalue weighted by Gasteiger charge is 2.27. The van der Waals surface area contributed by atoms with Crippen LogP contribution in [0.4, 0.5) is 5.69 Å². The topological polar surface area (TPSA) is 93.7 Å². The molecule has 9 heteroatoms. The summed E-state index contributed by atoms with van der Waals surface area (Å²) >= 11 is 1.27. The van der Waals surface area contributed by atoms with Crippen molar-refractivity contribution in [3.8, 4) is 11.5 Å². The molecule has 2 amide bonds. The summed E-state index contributed by atoms with van der Waals surface area (Å²) in [7, 11) is 0. The van der Waals surface area contributed by atoms with E-state index in [0.717, 1.165) is 22.5 Å². The average Bonchev–Trinajstić information content (AvgIpc) is 3.29. The van der Waals surface area contributed by atoms with E-state index in [1.54, 1.807) is 30.0 Å². The molecule has 0 spiro atoms. The summed E-state index contributed by atoms with van der Waals surface area (Å²) in [5.74, 6) is 0.870. The minimum atomic E-state index is -0.715. The van der Waals surface area contributed by atoms with Gasteiger partial charge in [0.1, 0.15) is 6.04 Å². The SMILES string of the molecule is Cc1cc(C)nc(SCC(=O)N(Cc2ccccc2C)C(C)C(=O)Nc2ccc3c(c2)OCO3)n1. The van der Waals surface area contributed by atoms with Crippen LogP contribution in [-0.2, 0) is 16.1 Å². The first-order valence-electron chi connectivity index (χ1n) is 11.3. The van der Waals surface area contributed by atoms with Gasteiger partial charge in [-0.15, -0.1) is 0 Å². The Balaban J connectivity index is 1.51. The fourth-order valence-corrected chi connectivity index (χ4v) is 4.58. The highest BCUT2D eigenvalue weighted by Crippen LogP contribution is 2.34. The fourth-order valence-electron chi connectivity index (χ4n) is 3.74. The number of hydrogen-bond donors (Lipinski definition) is 1. The zero-order chi connectivity index (χ0) is 24.9. The van der Waals surface area contributed by atoms with Crippen LogP contribution in [0.5, 0.6) is 11.5 Å². The molecule has 1 aliphatic rings. The number of fused-ring (bicyclic) bond motifs is 1. The summed E-state index contributed by atoms with van der Waals surface area (Å²) in [6, 6.07) is 14.2. The second-order valence-electron chi connectivity index (χ2n) is 8.40. The van der Waals surface area contributed by atoms with Crippen LogP contribution >= 0.6 is 11.8 Å². The molecule has 1 aromatic heterocycles. The van der Waals surface area contributed by atoms with E-state index < -0.39 is 6.04 Å². The molecule has 1 aliphatic heterocycles. The van der Waals surface area contributed by atoms with Gasteiger partial charge in [-0.3, -0.25) is 9.59 Å². The Labute approximate surface area is 209 Å². The van der Waals surface area contributed by atoms with Crippen LogP contribution in [0.2, 0.25) is 0 Å². The van der Waals surface area contributed by atoms with Gasteiger partial charge in [-0.1, -0.05) is 36.0 Å². The van der Waals surface area contributed by atoms with E-state index >= 15 is 0 Å². The van der Waals surface area contributed by atoms with Crippen LogP contribution in [0.1, 0.15) is 29.4 Å². The van der Waals surface area contributed by atoms with Crippen molar-refractivity contribution in [2.45, 2.75) is 45.4 Å². The van der Waals surface area contributed by atoms with Crippen LogP contribution in [0.25, 0.3) is 0 Å². The maximum atomic E-state index is 13.4. The number of rotatable bonds is 8. The molecule has 0 radical (unpaired) electrons. The second kappa shape index (κ2) is 10.8. The largest absolute Gasteiger partial charge is 0.454 e. The van der Waals surface area contributed by atoms with Crippen molar-refractivity contribution >= 4 is 29.3 Å². The Kier molecular flexibility index (Phi) is 7.55. The Hall–Kier alpha value is -3.59. The third kappa shape index (κ3) is 6.10. The number of nitrogens with one attached hydrogen (secondary N) is 1. The van der Waals surface area contributed by atoms with E-state index in [0.29, 0.717) is 28.9 Å². The third-order valence-electron chi connectivity index (χ3n) is 5.70. The predicted octanol–water partition coefficient (Wildman–Crippen LogP) is 4.28. The molecule has 1 atom stereocenters. The van der Waals surface area contributed by atoms with Gasteiger partial charge in [0.05, 0.1) is 5.75 Å². The number of nitrogens with zero attached hydrogens (tertiary/aromatic N) is 3. The number of benzene rings is 2. The maximum Gasteiger partial charge on any atom is 0.246 e. The number of aryl methyl sites for hydroxylation is 3. The zero-order valence-corrected chi connectivity index (χ0v) is 21.0. The number of anilines is 1. The van der Waals surface area contributed by atoms with Crippen molar-refractivity contribution in [1.82, 2.24) is 14.9 Å². The van der Waals surface area contributed by atoms with Gasteiger partial charge in [0, 0.05) is 29.7 Å². The molecule has 0 fully saturated rings. The standard InChI is InChI=1S/C26H28N4O4S/c1-16-7-5-6-8-20(16)13-30(24(31)14-35-26-27-17(2)11-18(3)28-26)19(4)25(32)29-21-9-10-22-23(12-21)34-15-33-22/h5-12,19H,13-15H2,1-4H3,(H,29,32). The van der Waals surface area contributed by atoms with Crippen LogP contribution in [0.3, 0.4) is 0 Å². The molecule has 0 bridgehead atoms. The Morgan fingerprint density at radius 2 is 1.74 bits per heavy atom. The fraction of sp³-hybridized carbons (Fsp3) is 0.308. The third-order valence-corrected chi connectivity index (χ3v) is 6.53. The Morgan fingerprint density at radius 3 is 2.49 bits per heavy atom. The monoisotopic (exact) mass is 492 g/mol. The lowest BCUT2D eigenvalue weighted by Gasteiger charge is -2.29. The number of carbonyl (C=O) groups excluding carboxylic acids is 2. The summed E-state index contributed by atoms with van der Waals surface area (Å²) in [5.41, 5.74) is 4.31. The lowest BCUT2D eigenvalue weighted by atomic mass is 10.1. The smallest absolute Gasteiger partial charge is 0.246 e. The van der Waals surface area contributed by atoms with Gasteiger partial charge >= 0.3 is 0 Å². The number of aromatic nitrogens is 2. The molecule has 2 heterocycles. The first kappa shape index (κ1) is 24.5. The molecular weight excluding hydrogens is 464 g/mol. The first-order chi connectivity index (χ1) is 16.8. The summed E-state index contributed by atoms with van der Waals surface area (Å²) in [4.78, 5) is 37.0. The molecule has 1 unspecified atom stereocenters. The van der Waals surface area contributed by atoms with Crippen molar-refractivity contribution in [1.29, 1.82) is 0 Å². The van der Waals surface area contributed by atoms with Crippen molar-refractivity contribution in [3.63, 3.8) is 0 Å². The number of ether oxygens (including phenoxy) is 2. The highest BCUT2D eigenvalue weighted by molar-refractivity contribution is 7.99. The van der Waals surface area contributed by atoms with E-state index in [-0.39, 0.29) is 24.4 Å². The van der Waals surface area contributed by atoms with E-state index in [9.17, 15) is 9.59 Å². The minimum Gasteiger partial charge on any atom is -0.454 e. The normalized spacial score (nSPS) is 12.8. The van der Waals surface area contributed by atoms with E-state index in [2.05, 4.69) is 15.3 Å². The molecule has 0 saturated carbocycles. The summed E-state index contributed by atoms with van der Waals surface area (Å²) in [6.45, 7) is 7.99. The van der Waals surface area contributed by atoms with Gasteiger partial charge < -0.3 is 19.7 Å². The molecule has 0 saturated heterocycles. The quantitative estimate of drug-likeness (QED) is 0.371. The zero-order valence-electron chi connectivity index (χ0n) is 20.2. The molecule has 1 N–H and O–H groups in total. The lowest BCUT2D eigenvalue weighted by molar-refractivity contribution is -0.136. The van der Waals surface area contributed by atoms with Gasteiger partial charge in [0.15, 0.2) is 16.7 Å². The molecule has 2 aromatic carbocycles. The number of amides is 2. The van der Waals surface area contributed by atoms with Crippen molar-refractivity contribution in [2.75, 3.05) is 17.9 Å². The van der Waals surface area contributed by atoms with E-state index in [1.807, 2.05) is 51.1 Å². The van der Waals surface area contributed by atoms with E-state index in [1.165, 1.54) is 11.8 Å². The Bertz CT molecular complexity index is 1230. The maximum absolute atomic E-state index is 13.4. The molecule has 0 aliphatic carbocycles. The van der Waals surface area contributed by atoms with Crippen LogP contribution in [-0.4, -0.2) is 45.3 Å². The van der Waals surface area contributed by atoms with Gasteiger partial charge in [-0.2, -0.15) is 0 Å². The highest BCUT2D eigenvalue weighted by atomic mass is 32.2. The van der Waals surface area contributed by atoms with Crippen LogP contribution in [0.15, 0.2) is 53.7 Å². The number of hydrogen-bond acceptors (Lipinski definition) is 7. The second-order valence-corrected chi connectivity index (χ2v) is 9.35. The molecule has 4 rings (SSSR count). The average molecular weight is 493 g/mol. The molecule has 8 nitrogen and oxygen atoms in total. The van der Waals surface area contributed by atoms with Gasteiger partial charge in [0.25, 0.3) is 0 Å². The number of thioether (sulfide) groups is 1.